The first-order valence-corrected chi connectivity index (χ1v) is 9.06. The van der Waals surface area contributed by atoms with Crippen molar-refractivity contribution in [2.75, 3.05) is 13.1 Å². The van der Waals surface area contributed by atoms with E-state index in [1.807, 2.05) is 11.3 Å². The molecule has 20 heavy (non-hydrogen) atoms. The lowest BCUT2D eigenvalue weighted by Crippen LogP contribution is -2.47. The molecule has 1 aliphatic rings. The largest absolute Gasteiger partial charge is 0.330 e. The Morgan fingerprint density at radius 3 is 2.65 bits per heavy atom. The normalized spacial score (nSPS) is 25.3. The number of hydrogen-bond donors (Lipinski definition) is 1. The lowest BCUT2D eigenvalue weighted by atomic mass is 9.82. The summed E-state index contributed by atoms with van der Waals surface area (Å²) in [5, 5.41) is 2.21. The molecule has 2 N–H and O–H groups in total. The van der Waals surface area contributed by atoms with Crippen molar-refractivity contribution in [3.8, 4) is 0 Å². The molecule has 0 radical (unpaired) electrons. The highest BCUT2D eigenvalue weighted by molar-refractivity contribution is 7.10. The zero-order valence-electron chi connectivity index (χ0n) is 13.2. The molecule has 0 amide bonds. The quantitative estimate of drug-likeness (QED) is 0.848. The molecule has 1 aromatic rings. The van der Waals surface area contributed by atoms with Crippen LogP contribution in [0.1, 0.15) is 57.4 Å². The van der Waals surface area contributed by atoms with Gasteiger partial charge in [-0.25, -0.2) is 0 Å². The summed E-state index contributed by atoms with van der Waals surface area (Å²) >= 11 is 1.90. The maximum Gasteiger partial charge on any atom is 0.0467 e. The Kier molecular flexibility index (Phi) is 6.06. The number of nitrogens with zero attached hydrogens (tertiary/aromatic N) is 1. The van der Waals surface area contributed by atoms with Gasteiger partial charge in [0.15, 0.2) is 0 Å². The average Bonchev–Trinajstić information content (AvgIpc) is 2.97. The van der Waals surface area contributed by atoms with E-state index in [-0.39, 0.29) is 0 Å². The standard InChI is InChI=1S/C17H30N2S/c1-4-19(15-9-6-5-8-14(15)12-18)17(13(2)3)16-10-7-11-20-16/h7,10-11,13-15,17H,4-6,8-9,12,18H2,1-3H3. The average molecular weight is 295 g/mol. The minimum absolute atomic E-state index is 0.553. The van der Waals surface area contributed by atoms with Gasteiger partial charge in [0.1, 0.15) is 0 Å². The minimum atomic E-state index is 0.553. The van der Waals surface area contributed by atoms with Gasteiger partial charge in [-0.15, -0.1) is 11.3 Å². The Morgan fingerprint density at radius 2 is 2.10 bits per heavy atom. The van der Waals surface area contributed by atoms with Crippen molar-refractivity contribution in [1.82, 2.24) is 4.90 Å². The number of thiophene rings is 1. The van der Waals surface area contributed by atoms with E-state index in [0.717, 1.165) is 13.1 Å². The lowest BCUT2D eigenvalue weighted by molar-refractivity contribution is 0.0510. The molecule has 1 fully saturated rings. The van der Waals surface area contributed by atoms with Crippen molar-refractivity contribution >= 4 is 11.3 Å². The molecule has 2 rings (SSSR count). The Labute approximate surface area is 128 Å². The predicted octanol–water partition coefficient (Wildman–Crippen LogP) is 4.28. The van der Waals surface area contributed by atoms with Gasteiger partial charge in [-0.05, 0) is 49.2 Å². The van der Waals surface area contributed by atoms with Crippen molar-refractivity contribution < 1.29 is 0 Å². The van der Waals surface area contributed by atoms with Crippen LogP contribution in [0, 0.1) is 11.8 Å². The molecule has 1 saturated carbocycles. The maximum atomic E-state index is 6.06. The fraction of sp³-hybridized carbons (Fsp3) is 0.765. The second-order valence-electron chi connectivity index (χ2n) is 6.38. The summed E-state index contributed by atoms with van der Waals surface area (Å²) in [6, 6.07) is 5.72. The molecule has 114 valence electrons. The molecule has 3 unspecified atom stereocenters. The van der Waals surface area contributed by atoms with Crippen LogP contribution in [0.3, 0.4) is 0 Å². The van der Waals surface area contributed by atoms with Crippen LogP contribution in [-0.4, -0.2) is 24.0 Å². The Morgan fingerprint density at radius 1 is 1.35 bits per heavy atom. The first-order chi connectivity index (χ1) is 9.69. The topological polar surface area (TPSA) is 29.3 Å². The molecule has 0 spiro atoms. The molecule has 0 bridgehead atoms. The van der Waals surface area contributed by atoms with E-state index in [4.69, 9.17) is 5.73 Å². The van der Waals surface area contributed by atoms with Gasteiger partial charge in [0.25, 0.3) is 0 Å². The van der Waals surface area contributed by atoms with Gasteiger partial charge in [-0.2, -0.15) is 0 Å². The van der Waals surface area contributed by atoms with E-state index in [9.17, 15) is 0 Å². The monoisotopic (exact) mass is 294 g/mol. The second-order valence-corrected chi connectivity index (χ2v) is 7.36. The van der Waals surface area contributed by atoms with Crippen LogP contribution >= 0.6 is 11.3 Å². The van der Waals surface area contributed by atoms with Crippen LogP contribution < -0.4 is 5.73 Å². The summed E-state index contributed by atoms with van der Waals surface area (Å²) < 4.78 is 0. The van der Waals surface area contributed by atoms with Crippen LogP contribution in [0.25, 0.3) is 0 Å². The summed E-state index contributed by atoms with van der Waals surface area (Å²) in [7, 11) is 0. The molecule has 1 heterocycles. The number of nitrogens with two attached hydrogens (primary N) is 1. The van der Waals surface area contributed by atoms with Crippen LogP contribution in [0.5, 0.6) is 0 Å². The summed E-state index contributed by atoms with van der Waals surface area (Å²) in [6.07, 6.45) is 5.37. The maximum absolute atomic E-state index is 6.06. The van der Waals surface area contributed by atoms with Crippen LogP contribution in [0.2, 0.25) is 0 Å². The highest BCUT2D eigenvalue weighted by atomic mass is 32.1. The fourth-order valence-corrected chi connectivity index (χ4v) is 4.89. The van der Waals surface area contributed by atoms with Crippen molar-refractivity contribution in [2.24, 2.45) is 17.6 Å². The van der Waals surface area contributed by atoms with Gasteiger partial charge in [0.05, 0.1) is 0 Å². The number of hydrogen-bond acceptors (Lipinski definition) is 3. The molecule has 1 aromatic heterocycles. The van der Waals surface area contributed by atoms with Gasteiger partial charge in [-0.1, -0.05) is 39.7 Å². The first kappa shape index (κ1) is 16.0. The summed E-state index contributed by atoms with van der Waals surface area (Å²) in [6.45, 7) is 8.99. The first-order valence-electron chi connectivity index (χ1n) is 8.18. The lowest BCUT2D eigenvalue weighted by Gasteiger charge is -2.44. The van der Waals surface area contributed by atoms with E-state index in [0.29, 0.717) is 23.9 Å². The molecule has 0 aliphatic heterocycles. The highest BCUT2D eigenvalue weighted by Crippen LogP contribution is 2.38. The van der Waals surface area contributed by atoms with E-state index >= 15 is 0 Å². The Balaban J connectivity index is 2.23. The van der Waals surface area contributed by atoms with Crippen molar-refractivity contribution in [2.45, 2.75) is 58.5 Å². The van der Waals surface area contributed by atoms with Crippen molar-refractivity contribution in [1.29, 1.82) is 0 Å². The van der Waals surface area contributed by atoms with Crippen molar-refractivity contribution in [3.05, 3.63) is 22.4 Å². The second kappa shape index (κ2) is 7.58. The predicted molar refractivity (Wildman–Crippen MR) is 89.1 cm³/mol. The Bertz CT molecular complexity index is 374. The van der Waals surface area contributed by atoms with Gasteiger partial charge >= 0.3 is 0 Å². The molecule has 3 atom stereocenters. The molecule has 2 nitrogen and oxygen atoms in total. The Hall–Kier alpha value is -0.380. The van der Waals surface area contributed by atoms with Gasteiger partial charge < -0.3 is 5.73 Å². The molecular formula is C17H30N2S. The van der Waals surface area contributed by atoms with E-state index in [1.54, 1.807) is 0 Å². The van der Waals surface area contributed by atoms with Crippen LogP contribution in [-0.2, 0) is 0 Å². The minimum Gasteiger partial charge on any atom is -0.330 e. The van der Waals surface area contributed by atoms with E-state index < -0.39 is 0 Å². The van der Waals surface area contributed by atoms with Gasteiger partial charge in [0, 0.05) is 17.0 Å². The van der Waals surface area contributed by atoms with Gasteiger partial charge in [-0.3, -0.25) is 4.90 Å². The SMILES string of the molecule is CCN(C1CCCCC1CN)C(c1cccs1)C(C)C. The zero-order valence-corrected chi connectivity index (χ0v) is 14.0. The van der Waals surface area contributed by atoms with Gasteiger partial charge in [0.2, 0.25) is 0 Å². The third-order valence-corrected chi connectivity index (χ3v) is 5.73. The fourth-order valence-electron chi connectivity index (χ4n) is 3.87. The molecule has 1 aliphatic carbocycles. The molecular weight excluding hydrogens is 264 g/mol. The summed E-state index contributed by atoms with van der Waals surface area (Å²) in [5.74, 6) is 1.33. The van der Waals surface area contributed by atoms with E-state index in [1.165, 1.54) is 30.6 Å². The summed E-state index contributed by atoms with van der Waals surface area (Å²) in [5.41, 5.74) is 6.06. The van der Waals surface area contributed by atoms with Crippen LogP contribution in [0.15, 0.2) is 17.5 Å². The van der Waals surface area contributed by atoms with Crippen LogP contribution in [0.4, 0.5) is 0 Å². The molecule has 3 heteroatoms. The molecule has 0 saturated heterocycles. The molecule has 0 aromatic carbocycles. The smallest absolute Gasteiger partial charge is 0.0467 e. The third-order valence-electron chi connectivity index (χ3n) is 4.79. The highest BCUT2D eigenvalue weighted by Gasteiger charge is 2.34. The number of rotatable bonds is 6. The van der Waals surface area contributed by atoms with Crippen molar-refractivity contribution in [3.63, 3.8) is 0 Å². The van der Waals surface area contributed by atoms with E-state index in [2.05, 4.69) is 43.2 Å². The zero-order chi connectivity index (χ0) is 14.5. The third kappa shape index (κ3) is 3.44. The summed E-state index contributed by atoms with van der Waals surface area (Å²) in [4.78, 5) is 4.26.